The van der Waals surface area contributed by atoms with Gasteiger partial charge in [-0.3, -0.25) is 10.1 Å². The molecule has 4 aromatic rings. The van der Waals surface area contributed by atoms with Gasteiger partial charge in [-0.25, -0.2) is 8.42 Å². The predicted molar refractivity (Wildman–Crippen MR) is 128 cm³/mol. The highest BCUT2D eigenvalue weighted by Gasteiger charge is 2.24. The third-order valence-electron chi connectivity index (χ3n) is 5.86. The lowest BCUT2D eigenvalue weighted by molar-refractivity contribution is 0.257. The number of hydrogen-bond acceptors (Lipinski definition) is 6. The molecule has 1 aliphatic heterocycles. The number of pyridine rings is 1. The van der Waals surface area contributed by atoms with Gasteiger partial charge in [0.1, 0.15) is 5.52 Å². The number of fused-ring (bicyclic) bond motifs is 2. The third-order valence-corrected chi connectivity index (χ3v) is 7.17. The van der Waals surface area contributed by atoms with Gasteiger partial charge in [-0.15, -0.1) is 0 Å². The van der Waals surface area contributed by atoms with Crippen LogP contribution in [0.15, 0.2) is 61.3 Å². The van der Waals surface area contributed by atoms with Crippen LogP contribution in [-0.2, 0) is 10.0 Å². The van der Waals surface area contributed by atoms with E-state index in [2.05, 4.69) is 56.2 Å². The van der Waals surface area contributed by atoms with Crippen molar-refractivity contribution in [1.29, 1.82) is 0 Å². The Morgan fingerprint density at radius 2 is 1.91 bits per heavy atom. The Bertz CT molecular complexity index is 1420. The maximum atomic E-state index is 11.8. The van der Waals surface area contributed by atoms with E-state index in [4.69, 9.17) is 0 Å². The highest BCUT2D eigenvalue weighted by atomic mass is 32.2. The molecule has 0 amide bonds. The standard InChI is InChI=1S/C23H24N6O2S/c1-16(28-11-13-29(14-12-28)32(2,30)31)19-6-3-5-17-15-18(8-9-20(17)19)25-23-22-21(26-27-23)7-4-10-24-22/h3-10,15H,1,11-14H2,2H3,(H2,25,26,27). The highest BCUT2D eigenvalue weighted by molar-refractivity contribution is 7.88. The quantitative estimate of drug-likeness (QED) is 0.486. The van der Waals surface area contributed by atoms with Crippen molar-refractivity contribution in [1.82, 2.24) is 24.4 Å². The van der Waals surface area contributed by atoms with Gasteiger partial charge in [0.15, 0.2) is 5.82 Å². The molecule has 5 rings (SSSR count). The maximum absolute atomic E-state index is 11.8. The van der Waals surface area contributed by atoms with Crippen LogP contribution in [0.3, 0.4) is 0 Å². The number of nitrogens with zero attached hydrogens (tertiary/aromatic N) is 4. The molecule has 2 aromatic carbocycles. The van der Waals surface area contributed by atoms with Gasteiger partial charge in [0.05, 0.1) is 11.8 Å². The van der Waals surface area contributed by atoms with Gasteiger partial charge in [-0.2, -0.15) is 9.40 Å². The summed E-state index contributed by atoms with van der Waals surface area (Å²) in [5.41, 5.74) is 4.55. The Hall–Kier alpha value is -3.43. The van der Waals surface area contributed by atoms with E-state index in [9.17, 15) is 8.42 Å². The van der Waals surface area contributed by atoms with E-state index in [0.29, 0.717) is 32.0 Å². The van der Waals surface area contributed by atoms with Crippen molar-refractivity contribution in [3.63, 3.8) is 0 Å². The molecule has 0 saturated carbocycles. The molecule has 1 fully saturated rings. The smallest absolute Gasteiger partial charge is 0.211 e. The zero-order valence-electron chi connectivity index (χ0n) is 17.7. The monoisotopic (exact) mass is 448 g/mol. The zero-order chi connectivity index (χ0) is 22.3. The lowest BCUT2D eigenvalue weighted by Gasteiger charge is -2.36. The van der Waals surface area contributed by atoms with Crippen molar-refractivity contribution in [2.75, 3.05) is 37.8 Å². The molecule has 1 saturated heterocycles. The van der Waals surface area contributed by atoms with Gasteiger partial charge in [0, 0.05) is 49.3 Å². The van der Waals surface area contributed by atoms with Crippen molar-refractivity contribution in [3.05, 3.63) is 66.9 Å². The second kappa shape index (κ2) is 7.92. The first-order valence-electron chi connectivity index (χ1n) is 10.4. The molecule has 32 heavy (non-hydrogen) atoms. The Kier molecular flexibility index (Phi) is 5.07. The van der Waals surface area contributed by atoms with Crippen LogP contribution in [0, 0.1) is 0 Å². The van der Waals surface area contributed by atoms with E-state index < -0.39 is 10.0 Å². The molecule has 0 aliphatic carbocycles. The molecule has 8 nitrogen and oxygen atoms in total. The van der Waals surface area contributed by atoms with E-state index in [1.54, 1.807) is 6.20 Å². The molecular formula is C23H24N6O2S. The third kappa shape index (κ3) is 3.80. The first kappa shape index (κ1) is 20.5. The van der Waals surface area contributed by atoms with Crippen molar-refractivity contribution < 1.29 is 8.42 Å². The van der Waals surface area contributed by atoms with Crippen LogP contribution in [0.1, 0.15) is 5.56 Å². The van der Waals surface area contributed by atoms with Crippen molar-refractivity contribution >= 4 is 49.0 Å². The maximum Gasteiger partial charge on any atom is 0.211 e. The summed E-state index contributed by atoms with van der Waals surface area (Å²) in [5, 5.41) is 12.8. The number of aromatic nitrogens is 3. The average molecular weight is 449 g/mol. The molecule has 2 aromatic heterocycles. The molecule has 3 heterocycles. The molecule has 0 bridgehead atoms. The Morgan fingerprint density at radius 1 is 1.09 bits per heavy atom. The number of nitrogens with one attached hydrogen (secondary N) is 2. The summed E-state index contributed by atoms with van der Waals surface area (Å²) < 4.78 is 25.1. The van der Waals surface area contributed by atoms with Gasteiger partial charge < -0.3 is 10.2 Å². The lowest BCUT2D eigenvalue weighted by Crippen LogP contribution is -2.47. The lowest BCUT2D eigenvalue weighted by atomic mass is 10.0. The van der Waals surface area contributed by atoms with Crippen LogP contribution >= 0.6 is 0 Å². The van der Waals surface area contributed by atoms with Gasteiger partial charge in [-0.05, 0) is 35.0 Å². The van der Waals surface area contributed by atoms with E-state index in [-0.39, 0.29) is 0 Å². The van der Waals surface area contributed by atoms with Gasteiger partial charge in [0.2, 0.25) is 10.0 Å². The van der Waals surface area contributed by atoms with Crippen LogP contribution in [0.4, 0.5) is 11.5 Å². The summed E-state index contributed by atoms with van der Waals surface area (Å²) in [6.07, 6.45) is 3.01. The number of rotatable bonds is 5. The molecule has 9 heteroatoms. The topological polar surface area (TPSA) is 94.2 Å². The normalized spacial score (nSPS) is 15.3. The van der Waals surface area contributed by atoms with E-state index in [1.165, 1.54) is 10.6 Å². The summed E-state index contributed by atoms with van der Waals surface area (Å²) in [6.45, 7) is 6.52. The van der Waals surface area contributed by atoms with E-state index in [0.717, 1.165) is 38.8 Å². The summed E-state index contributed by atoms with van der Waals surface area (Å²) in [5.74, 6) is 0.685. The minimum Gasteiger partial charge on any atom is -0.369 e. The molecule has 0 unspecified atom stereocenters. The number of sulfonamides is 1. The van der Waals surface area contributed by atoms with E-state index in [1.807, 2.05) is 24.3 Å². The number of piperazine rings is 1. The molecule has 0 radical (unpaired) electrons. The van der Waals surface area contributed by atoms with Crippen LogP contribution in [-0.4, -0.2) is 65.2 Å². The van der Waals surface area contributed by atoms with Crippen molar-refractivity contribution in [2.24, 2.45) is 0 Å². The molecule has 0 atom stereocenters. The second-order valence-corrected chi connectivity index (χ2v) is 9.92. The minimum absolute atomic E-state index is 0.475. The zero-order valence-corrected chi connectivity index (χ0v) is 18.6. The van der Waals surface area contributed by atoms with Crippen LogP contribution < -0.4 is 5.32 Å². The van der Waals surface area contributed by atoms with Crippen molar-refractivity contribution in [3.8, 4) is 0 Å². The largest absolute Gasteiger partial charge is 0.369 e. The first-order chi connectivity index (χ1) is 15.4. The Morgan fingerprint density at radius 3 is 2.69 bits per heavy atom. The summed E-state index contributed by atoms with van der Waals surface area (Å²) in [7, 11) is -3.16. The number of H-pyrrole nitrogens is 1. The molecule has 1 aliphatic rings. The fourth-order valence-electron chi connectivity index (χ4n) is 4.15. The van der Waals surface area contributed by atoms with Crippen LogP contribution in [0.5, 0.6) is 0 Å². The number of hydrogen-bond donors (Lipinski definition) is 2. The van der Waals surface area contributed by atoms with E-state index >= 15 is 0 Å². The Balaban J connectivity index is 1.39. The number of aromatic amines is 1. The van der Waals surface area contributed by atoms with Crippen LogP contribution in [0.25, 0.3) is 27.5 Å². The summed E-state index contributed by atoms with van der Waals surface area (Å²) in [6, 6.07) is 16.1. The Labute approximate surface area is 186 Å². The van der Waals surface area contributed by atoms with Crippen molar-refractivity contribution in [2.45, 2.75) is 0 Å². The fourth-order valence-corrected chi connectivity index (χ4v) is 4.98. The van der Waals surface area contributed by atoms with Crippen LogP contribution in [0.2, 0.25) is 0 Å². The first-order valence-corrected chi connectivity index (χ1v) is 12.2. The van der Waals surface area contributed by atoms with Gasteiger partial charge >= 0.3 is 0 Å². The highest BCUT2D eigenvalue weighted by Crippen LogP contribution is 2.30. The minimum atomic E-state index is -3.16. The second-order valence-electron chi connectivity index (χ2n) is 7.93. The molecular weight excluding hydrogens is 424 g/mol. The molecule has 164 valence electrons. The summed E-state index contributed by atoms with van der Waals surface area (Å²) in [4.78, 5) is 6.55. The number of benzene rings is 2. The SMILES string of the molecule is C=C(c1cccc2cc(Nc3n[nH]c4cccnc34)ccc12)N1CCN(S(C)(=O)=O)CC1. The van der Waals surface area contributed by atoms with Gasteiger partial charge in [-0.1, -0.05) is 30.8 Å². The average Bonchev–Trinajstić information content (AvgIpc) is 3.20. The summed E-state index contributed by atoms with van der Waals surface area (Å²) >= 11 is 0. The number of anilines is 2. The predicted octanol–water partition coefficient (Wildman–Crippen LogP) is 3.40. The molecule has 0 spiro atoms. The van der Waals surface area contributed by atoms with Gasteiger partial charge in [0.25, 0.3) is 0 Å². The fraction of sp³-hybridized carbons (Fsp3) is 0.217. The molecule has 2 N–H and O–H groups in total.